The van der Waals surface area contributed by atoms with Crippen molar-refractivity contribution in [1.82, 2.24) is 0 Å². The zero-order chi connectivity index (χ0) is 24.6. The van der Waals surface area contributed by atoms with Crippen LogP contribution in [-0.2, 0) is 18.9 Å². The molecule has 194 valence electrons. The minimum Gasteiger partial charge on any atom is -0.394 e. The molecule has 0 unspecified atom stereocenters. The fourth-order valence-electron chi connectivity index (χ4n) is 4.41. The second-order valence-electron chi connectivity index (χ2n) is 8.88. The van der Waals surface area contributed by atoms with Gasteiger partial charge in [-0.05, 0) is 6.42 Å². The first-order chi connectivity index (χ1) is 15.5. The van der Waals surface area contributed by atoms with Crippen molar-refractivity contribution in [3.05, 3.63) is 0 Å². The molecule has 2 saturated heterocycles. The van der Waals surface area contributed by atoms with Gasteiger partial charge in [0.1, 0.15) is 48.8 Å². The topological polar surface area (TPSA) is 288 Å². The zero-order valence-electron chi connectivity index (χ0n) is 18.0. The van der Waals surface area contributed by atoms with Crippen LogP contribution in [0.3, 0.4) is 0 Å². The molecule has 1 aliphatic carbocycles. The van der Waals surface area contributed by atoms with Crippen molar-refractivity contribution < 1.29 is 49.6 Å². The van der Waals surface area contributed by atoms with Gasteiger partial charge in [0.25, 0.3) is 0 Å². The number of nitrogens with two attached hydrogens (primary N) is 5. The van der Waals surface area contributed by atoms with E-state index in [2.05, 4.69) is 0 Å². The molecule has 0 aromatic carbocycles. The molecule has 2 aliphatic heterocycles. The van der Waals surface area contributed by atoms with Crippen molar-refractivity contribution in [3.63, 3.8) is 0 Å². The third-order valence-corrected chi connectivity index (χ3v) is 6.57. The van der Waals surface area contributed by atoms with Gasteiger partial charge in [-0.1, -0.05) is 0 Å². The van der Waals surface area contributed by atoms with Gasteiger partial charge in [0.2, 0.25) is 0 Å². The highest BCUT2D eigenvalue weighted by molar-refractivity contribution is 5.01. The summed E-state index contributed by atoms with van der Waals surface area (Å²) in [4.78, 5) is 0. The number of hydrogen-bond donors (Lipinski definition) is 11. The highest BCUT2D eigenvalue weighted by Crippen LogP contribution is 2.31. The van der Waals surface area contributed by atoms with Gasteiger partial charge >= 0.3 is 0 Å². The molecular formula is C18H37N5O10. The van der Waals surface area contributed by atoms with Crippen LogP contribution in [0.5, 0.6) is 0 Å². The Labute approximate surface area is 190 Å². The molecule has 15 heteroatoms. The van der Waals surface area contributed by atoms with Crippen LogP contribution >= 0.6 is 0 Å². The van der Waals surface area contributed by atoms with E-state index in [1.54, 1.807) is 0 Å². The summed E-state index contributed by atoms with van der Waals surface area (Å²) in [7, 11) is 0. The third-order valence-electron chi connectivity index (χ3n) is 6.57. The van der Waals surface area contributed by atoms with E-state index in [1.165, 1.54) is 0 Å². The summed E-state index contributed by atoms with van der Waals surface area (Å²) in [6.45, 7) is -0.723. The average Bonchev–Trinajstić information content (AvgIpc) is 2.79. The molecule has 3 fully saturated rings. The Hall–Kier alpha value is -0.600. The van der Waals surface area contributed by atoms with Gasteiger partial charge < -0.3 is 78.3 Å². The molecule has 3 aliphatic rings. The van der Waals surface area contributed by atoms with E-state index >= 15 is 0 Å². The maximum absolute atomic E-state index is 10.7. The maximum atomic E-state index is 10.7. The summed E-state index contributed by atoms with van der Waals surface area (Å²) in [6, 6.07) is -4.00. The molecule has 0 spiro atoms. The summed E-state index contributed by atoms with van der Waals surface area (Å²) < 4.78 is 22.7. The molecule has 3 rings (SSSR count). The molecule has 15 nitrogen and oxygen atoms in total. The van der Waals surface area contributed by atoms with Gasteiger partial charge in [0, 0.05) is 18.6 Å². The molecular weight excluding hydrogens is 446 g/mol. The lowest BCUT2D eigenvalue weighted by molar-refractivity contribution is -0.331. The van der Waals surface area contributed by atoms with Crippen LogP contribution in [-0.4, -0.2) is 135 Å². The molecule has 0 radical (unpaired) electrons. The zero-order valence-corrected chi connectivity index (χ0v) is 18.0. The monoisotopic (exact) mass is 483 g/mol. The van der Waals surface area contributed by atoms with Crippen molar-refractivity contribution in [2.45, 2.75) is 98.1 Å². The molecule has 0 bridgehead atoms. The van der Waals surface area contributed by atoms with E-state index in [9.17, 15) is 30.6 Å². The summed E-state index contributed by atoms with van der Waals surface area (Å²) in [5.41, 5.74) is 29.6. The molecule has 1 saturated carbocycles. The van der Waals surface area contributed by atoms with Crippen molar-refractivity contribution >= 4 is 0 Å². The second kappa shape index (κ2) is 11.0. The van der Waals surface area contributed by atoms with Crippen molar-refractivity contribution in [2.75, 3.05) is 13.2 Å². The SMILES string of the molecule is NC[C@H]1O[C@H](O[C@H]2[C@H](O[C@@H]3O[C@H](CO)[C@@H](O)[C@@H](N)[C@H]3O)[C@@H](O)[C@H](N)C[C@@H]2N)[C@H](N)[C@@H](O)[C@@H]1O. The van der Waals surface area contributed by atoms with Crippen LogP contribution in [0, 0.1) is 0 Å². The van der Waals surface area contributed by atoms with Crippen LogP contribution in [0.1, 0.15) is 6.42 Å². The van der Waals surface area contributed by atoms with Gasteiger partial charge in [-0.2, -0.15) is 0 Å². The van der Waals surface area contributed by atoms with Gasteiger partial charge in [0.15, 0.2) is 12.6 Å². The average molecular weight is 484 g/mol. The predicted octanol–water partition coefficient (Wildman–Crippen LogP) is -7.33. The Morgan fingerprint density at radius 3 is 1.88 bits per heavy atom. The van der Waals surface area contributed by atoms with Gasteiger partial charge in [0.05, 0.1) is 24.8 Å². The molecule has 16 N–H and O–H groups in total. The number of aliphatic hydroxyl groups is 6. The lowest BCUT2D eigenvalue weighted by Crippen LogP contribution is -2.69. The first-order valence-corrected chi connectivity index (χ1v) is 10.9. The van der Waals surface area contributed by atoms with E-state index in [0.29, 0.717) is 0 Å². The summed E-state index contributed by atoms with van der Waals surface area (Å²) >= 11 is 0. The quantitative estimate of drug-likeness (QED) is 0.167. The number of aliphatic hydroxyl groups excluding tert-OH is 6. The van der Waals surface area contributed by atoms with Crippen LogP contribution < -0.4 is 28.7 Å². The Morgan fingerprint density at radius 2 is 1.27 bits per heavy atom. The highest BCUT2D eigenvalue weighted by Gasteiger charge is 2.51. The number of ether oxygens (including phenoxy) is 4. The van der Waals surface area contributed by atoms with Gasteiger partial charge in [-0.25, -0.2) is 0 Å². The molecule has 15 atom stereocenters. The van der Waals surface area contributed by atoms with Crippen LogP contribution in [0.4, 0.5) is 0 Å². The standard InChI is InChI=1S/C18H37N5O10/c19-2-6-12(27)13(28)9(23)17(30-6)32-15-5(21)1-4(20)10(25)16(15)33-18-14(29)8(22)11(26)7(3-24)31-18/h4-18,24-29H,1-3,19-23H2/t4-,5+,6-,7-,8-,9-,10+,11-,12-,13-,14-,15-,16-,17-,18+/m1/s1. The lowest BCUT2D eigenvalue weighted by Gasteiger charge is -2.48. The third kappa shape index (κ3) is 5.32. The first kappa shape index (κ1) is 27.0. The van der Waals surface area contributed by atoms with Crippen LogP contribution in [0.25, 0.3) is 0 Å². The lowest BCUT2D eigenvalue weighted by atomic mass is 9.84. The molecule has 0 amide bonds. The van der Waals surface area contributed by atoms with Crippen molar-refractivity contribution in [2.24, 2.45) is 28.7 Å². The maximum Gasteiger partial charge on any atom is 0.186 e. The number of rotatable bonds is 6. The summed E-state index contributed by atoms with van der Waals surface area (Å²) in [5, 5.41) is 60.9. The minimum absolute atomic E-state index is 0.125. The Balaban J connectivity index is 1.80. The second-order valence-corrected chi connectivity index (χ2v) is 8.88. The van der Waals surface area contributed by atoms with Crippen LogP contribution in [0.2, 0.25) is 0 Å². The Morgan fingerprint density at radius 1 is 0.667 bits per heavy atom. The highest BCUT2D eigenvalue weighted by atomic mass is 16.7. The fourth-order valence-corrected chi connectivity index (χ4v) is 4.41. The van der Waals surface area contributed by atoms with Crippen molar-refractivity contribution in [3.8, 4) is 0 Å². The predicted molar refractivity (Wildman–Crippen MR) is 110 cm³/mol. The normalized spacial score (nSPS) is 53.7. The summed E-state index contributed by atoms with van der Waals surface area (Å²) in [5.74, 6) is 0. The van der Waals surface area contributed by atoms with Gasteiger partial charge in [-0.15, -0.1) is 0 Å². The van der Waals surface area contributed by atoms with E-state index in [0.717, 1.165) is 0 Å². The fraction of sp³-hybridized carbons (Fsp3) is 1.00. The number of hydrogen-bond acceptors (Lipinski definition) is 15. The van der Waals surface area contributed by atoms with E-state index in [1.807, 2.05) is 0 Å². The van der Waals surface area contributed by atoms with E-state index in [4.69, 9.17) is 47.6 Å². The first-order valence-electron chi connectivity index (χ1n) is 10.9. The van der Waals surface area contributed by atoms with E-state index < -0.39 is 98.3 Å². The van der Waals surface area contributed by atoms with E-state index in [-0.39, 0.29) is 13.0 Å². The Bertz CT molecular complexity index is 635. The summed E-state index contributed by atoms with van der Waals surface area (Å²) in [6.07, 6.45) is -14.0. The molecule has 0 aromatic rings. The molecule has 0 aromatic heterocycles. The Kier molecular flexibility index (Phi) is 8.99. The van der Waals surface area contributed by atoms with Crippen molar-refractivity contribution in [1.29, 1.82) is 0 Å². The minimum atomic E-state index is -1.52. The smallest absolute Gasteiger partial charge is 0.186 e. The van der Waals surface area contributed by atoms with Gasteiger partial charge in [-0.3, -0.25) is 0 Å². The van der Waals surface area contributed by atoms with Crippen LogP contribution in [0.15, 0.2) is 0 Å². The molecule has 2 heterocycles. The molecule has 33 heavy (non-hydrogen) atoms. The largest absolute Gasteiger partial charge is 0.394 e.